The highest BCUT2D eigenvalue weighted by Gasteiger charge is 2.35. The third kappa shape index (κ3) is 2.61. The molecule has 1 unspecified atom stereocenters. The zero-order valence-corrected chi connectivity index (χ0v) is 13.1. The molecular weight excluding hydrogens is 320 g/mol. The maximum absolute atomic E-state index is 11.9. The molecule has 0 aromatic heterocycles. The maximum Gasteiger partial charge on any atom is 0.184 e. The second kappa shape index (κ2) is 5.20. The van der Waals surface area contributed by atoms with Gasteiger partial charge in [0.1, 0.15) is 4.24 Å². The second-order valence-corrected chi connectivity index (χ2v) is 9.11. The van der Waals surface area contributed by atoms with E-state index in [2.05, 4.69) is 6.08 Å². The number of rotatable bonds is 2. The molecule has 0 radical (unpaired) electrons. The van der Waals surface area contributed by atoms with Crippen molar-refractivity contribution >= 4 is 45.0 Å². The third-order valence-corrected chi connectivity index (χ3v) is 8.18. The molecule has 100 valence electrons. The van der Waals surface area contributed by atoms with Gasteiger partial charge < -0.3 is 0 Å². The first-order valence-corrected chi connectivity index (χ1v) is 9.57. The van der Waals surface area contributed by atoms with Crippen LogP contribution in [0, 0.1) is 0 Å². The van der Waals surface area contributed by atoms with Crippen molar-refractivity contribution in [3.8, 4) is 0 Å². The molecule has 2 heterocycles. The molecule has 6 heteroatoms. The van der Waals surface area contributed by atoms with Gasteiger partial charge in [-0.25, -0.2) is 8.42 Å². The number of halogens is 1. The van der Waals surface area contributed by atoms with Crippen LogP contribution >= 0.6 is 35.1 Å². The Hall–Kier alpha value is -0.360. The van der Waals surface area contributed by atoms with Crippen molar-refractivity contribution in [3.63, 3.8) is 0 Å². The fourth-order valence-electron chi connectivity index (χ4n) is 2.12. The van der Waals surface area contributed by atoms with Gasteiger partial charge in [-0.05, 0) is 29.5 Å². The van der Waals surface area contributed by atoms with Gasteiger partial charge in [-0.3, -0.25) is 0 Å². The van der Waals surface area contributed by atoms with E-state index in [9.17, 15) is 8.42 Å². The monoisotopic (exact) mass is 330 g/mol. The van der Waals surface area contributed by atoms with Gasteiger partial charge >= 0.3 is 0 Å². The predicted octanol–water partition coefficient (Wildman–Crippen LogP) is 4.09. The lowest BCUT2D eigenvalue weighted by molar-refractivity contribution is 0.606. The fraction of sp³-hybridized carbons (Fsp3) is 0.231. The van der Waals surface area contributed by atoms with Gasteiger partial charge in [0.2, 0.25) is 0 Å². The summed E-state index contributed by atoms with van der Waals surface area (Å²) in [6.07, 6.45) is 2.69. The molecule has 2 aliphatic heterocycles. The highest BCUT2D eigenvalue weighted by molar-refractivity contribution is 8.20. The van der Waals surface area contributed by atoms with Crippen molar-refractivity contribution in [2.75, 3.05) is 5.75 Å². The van der Waals surface area contributed by atoms with Crippen LogP contribution in [-0.4, -0.2) is 19.4 Å². The summed E-state index contributed by atoms with van der Waals surface area (Å²) < 4.78 is 24.4. The second-order valence-electron chi connectivity index (χ2n) is 4.30. The number of hydrogen-bond donors (Lipinski definition) is 0. The topological polar surface area (TPSA) is 34.1 Å². The molecule has 0 bridgehead atoms. The normalized spacial score (nSPS) is 24.6. The molecular formula is C13H11ClO2S3. The van der Waals surface area contributed by atoms with E-state index in [-0.39, 0.29) is 11.0 Å². The van der Waals surface area contributed by atoms with Crippen molar-refractivity contribution < 1.29 is 8.42 Å². The summed E-state index contributed by atoms with van der Waals surface area (Å²) in [6.45, 7) is 0. The Morgan fingerprint density at radius 3 is 2.89 bits per heavy atom. The molecule has 0 aliphatic carbocycles. The SMILES string of the molecule is O=S1(=O)CCC2=C1SC=CC2Sc1ccccc1Cl. The van der Waals surface area contributed by atoms with Crippen LogP contribution in [0.15, 0.2) is 50.5 Å². The Morgan fingerprint density at radius 2 is 2.11 bits per heavy atom. The highest BCUT2D eigenvalue weighted by Crippen LogP contribution is 2.46. The van der Waals surface area contributed by atoms with E-state index in [0.29, 0.717) is 15.7 Å². The van der Waals surface area contributed by atoms with E-state index in [4.69, 9.17) is 11.6 Å². The first-order chi connectivity index (χ1) is 9.08. The van der Waals surface area contributed by atoms with Gasteiger partial charge in [0.15, 0.2) is 9.84 Å². The molecule has 1 aromatic rings. The Bertz CT molecular complexity index is 677. The minimum Gasteiger partial charge on any atom is -0.223 e. The summed E-state index contributed by atoms with van der Waals surface area (Å²) in [5.74, 6) is 0.242. The van der Waals surface area contributed by atoms with Crippen LogP contribution in [0.25, 0.3) is 0 Å². The largest absolute Gasteiger partial charge is 0.223 e. The van der Waals surface area contributed by atoms with E-state index in [1.54, 1.807) is 11.8 Å². The van der Waals surface area contributed by atoms with Gasteiger partial charge in [0.05, 0.1) is 16.0 Å². The number of thioether (sulfide) groups is 2. The third-order valence-electron chi connectivity index (χ3n) is 3.05. The lowest BCUT2D eigenvalue weighted by atomic mass is 10.1. The molecule has 3 rings (SSSR count). The molecule has 19 heavy (non-hydrogen) atoms. The molecule has 0 amide bonds. The van der Waals surface area contributed by atoms with Gasteiger partial charge in [-0.15, -0.1) is 11.8 Å². The molecule has 1 aromatic carbocycles. The molecule has 0 saturated carbocycles. The smallest absolute Gasteiger partial charge is 0.184 e. The Kier molecular flexibility index (Phi) is 3.73. The van der Waals surface area contributed by atoms with Crippen molar-refractivity contribution in [2.24, 2.45) is 0 Å². The first-order valence-electron chi connectivity index (χ1n) is 5.78. The van der Waals surface area contributed by atoms with Crippen LogP contribution in [-0.2, 0) is 9.84 Å². The molecule has 0 spiro atoms. The lowest BCUT2D eigenvalue weighted by Crippen LogP contribution is -2.06. The van der Waals surface area contributed by atoms with Gasteiger partial charge in [-0.2, -0.15) is 0 Å². The van der Waals surface area contributed by atoms with E-state index in [1.807, 2.05) is 29.7 Å². The summed E-state index contributed by atoms with van der Waals surface area (Å²) in [5.41, 5.74) is 1.03. The average Bonchev–Trinajstić information content (AvgIpc) is 2.70. The van der Waals surface area contributed by atoms with Gasteiger partial charge in [0.25, 0.3) is 0 Å². The Labute approximate surface area is 126 Å². The fourth-order valence-corrected chi connectivity index (χ4v) is 6.83. The summed E-state index contributed by atoms with van der Waals surface area (Å²) in [6, 6.07) is 7.65. The maximum atomic E-state index is 11.9. The highest BCUT2D eigenvalue weighted by atomic mass is 35.5. The van der Waals surface area contributed by atoms with Crippen LogP contribution < -0.4 is 0 Å². The Morgan fingerprint density at radius 1 is 1.32 bits per heavy atom. The molecule has 0 fully saturated rings. The zero-order valence-electron chi connectivity index (χ0n) is 9.87. The van der Waals surface area contributed by atoms with E-state index < -0.39 is 9.84 Å². The average molecular weight is 331 g/mol. The van der Waals surface area contributed by atoms with E-state index in [1.165, 1.54) is 11.8 Å². The Balaban J connectivity index is 1.92. The number of sulfone groups is 1. The molecule has 0 N–H and O–H groups in total. The van der Waals surface area contributed by atoms with E-state index in [0.717, 1.165) is 10.5 Å². The summed E-state index contributed by atoms with van der Waals surface area (Å²) in [5, 5.41) is 2.66. The minimum atomic E-state index is -3.04. The van der Waals surface area contributed by atoms with Gasteiger partial charge in [0, 0.05) is 4.90 Å². The molecule has 1 atom stereocenters. The zero-order chi connectivity index (χ0) is 13.5. The summed E-state index contributed by atoms with van der Waals surface area (Å²) in [7, 11) is -3.04. The standard InChI is InChI=1S/C13H11ClO2S3/c14-10-3-1-2-4-12(10)18-11-5-7-17-13-9(11)6-8-19(13,15)16/h1-5,7,11H,6,8H2. The van der Waals surface area contributed by atoms with Crippen LogP contribution in [0.5, 0.6) is 0 Å². The minimum absolute atomic E-state index is 0.0772. The first kappa shape index (κ1) is 13.6. The quantitative estimate of drug-likeness (QED) is 0.818. The summed E-state index contributed by atoms with van der Waals surface area (Å²) >= 11 is 9.10. The predicted molar refractivity (Wildman–Crippen MR) is 83.3 cm³/mol. The number of hydrogen-bond acceptors (Lipinski definition) is 4. The molecule has 0 saturated heterocycles. The van der Waals surface area contributed by atoms with Gasteiger partial charge in [-0.1, -0.05) is 41.6 Å². The van der Waals surface area contributed by atoms with Crippen molar-refractivity contribution in [2.45, 2.75) is 16.6 Å². The van der Waals surface area contributed by atoms with Crippen molar-refractivity contribution in [1.82, 2.24) is 0 Å². The van der Waals surface area contributed by atoms with Crippen LogP contribution in [0.2, 0.25) is 5.02 Å². The van der Waals surface area contributed by atoms with Crippen LogP contribution in [0.3, 0.4) is 0 Å². The lowest BCUT2D eigenvalue weighted by Gasteiger charge is -2.18. The van der Waals surface area contributed by atoms with Crippen molar-refractivity contribution in [1.29, 1.82) is 0 Å². The van der Waals surface area contributed by atoms with E-state index >= 15 is 0 Å². The summed E-state index contributed by atoms with van der Waals surface area (Å²) in [4.78, 5) is 0.988. The number of benzene rings is 1. The molecule has 2 nitrogen and oxygen atoms in total. The molecule has 2 aliphatic rings. The van der Waals surface area contributed by atoms with Crippen LogP contribution in [0.1, 0.15) is 6.42 Å². The van der Waals surface area contributed by atoms with Crippen molar-refractivity contribution in [3.05, 3.63) is 50.6 Å². The van der Waals surface area contributed by atoms with Crippen LogP contribution in [0.4, 0.5) is 0 Å².